The Morgan fingerprint density at radius 3 is 2.08 bits per heavy atom. The minimum absolute atomic E-state index is 0.144. The fraction of sp³-hybridized carbons (Fsp3) is 0.909. The zero-order chi connectivity index (χ0) is 9.04. The summed E-state index contributed by atoms with van der Waals surface area (Å²) in [6.45, 7) is 6.89. The van der Waals surface area contributed by atoms with Crippen molar-refractivity contribution in [1.29, 1.82) is 5.26 Å². The van der Waals surface area contributed by atoms with Gasteiger partial charge in [-0.15, -0.1) is 0 Å². The standard InChI is InChI=1S/C11H17N/c1-9(2,3)4-10-5-11(6-10,7-10)8-12/h4-7H2,1-3H3. The SMILES string of the molecule is CC(C)(C)CC12CC(C#N)(C1)C2. The van der Waals surface area contributed by atoms with E-state index in [0.717, 1.165) is 0 Å². The monoisotopic (exact) mass is 163 g/mol. The van der Waals surface area contributed by atoms with Gasteiger partial charge in [0.25, 0.3) is 0 Å². The summed E-state index contributed by atoms with van der Waals surface area (Å²) in [4.78, 5) is 0. The van der Waals surface area contributed by atoms with E-state index < -0.39 is 0 Å². The second-order valence-electron chi connectivity index (χ2n) is 6.16. The Morgan fingerprint density at radius 1 is 1.25 bits per heavy atom. The molecule has 0 amide bonds. The van der Waals surface area contributed by atoms with E-state index in [2.05, 4.69) is 26.8 Å². The van der Waals surface area contributed by atoms with Crippen molar-refractivity contribution < 1.29 is 0 Å². The Morgan fingerprint density at radius 2 is 1.75 bits per heavy atom. The van der Waals surface area contributed by atoms with Crippen LogP contribution in [0.15, 0.2) is 0 Å². The minimum Gasteiger partial charge on any atom is -0.198 e. The van der Waals surface area contributed by atoms with Crippen LogP contribution in [-0.4, -0.2) is 0 Å². The zero-order valence-corrected chi connectivity index (χ0v) is 8.28. The predicted molar refractivity (Wildman–Crippen MR) is 48.4 cm³/mol. The molecule has 0 aromatic rings. The highest BCUT2D eigenvalue weighted by atomic mass is 14.7. The number of nitriles is 1. The van der Waals surface area contributed by atoms with E-state index in [0.29, 0.717) is 10.8 Å². The third-order valence-electron chi connectivity index (χ3n) is 3.28. The van der Waals surface area contributed by atoms with Crippen molar-refractivity contribution in [3.63, 3.8) is 0 Å². The zero-order valence-electron chi connectivity index (χ0n) is 8.28. The Bertz CT molecular complexity index is 231. The average Bonchev–Trinajstić information content (AvgIpc) is 1.72. The van der Waals surface area contributed by atoms with Crippen LogP contribution in [0.1, 0.15) is 46.5 Å². The number of rotatable bonds is 1. The van der Waals surface area contributed by atoms with Crippen LogP contribution in [0, 0.1) is 27.6 Å². The molecule has 0 spiro atoms. The van der Waals surface area contributed by atoms with E-state index >= 15 is 0 Å². The molecule has 3 aliphatic rings. The summed E-state index contributed by atoms with van der Waals surface area (Å²) in [5.74, 6) is 0. The number of hydrogen-bond acceptors (Lipinski definition) is 1. The highest BCUT2D eigenvalue weighted by Crippen LogP contribution is 2.75. The summed E-state index contributed by atoms with van der Waals surface area (Å²) < 4.78 is 0. The molecule has 0 aromatic heterocycles. The Kier molecular flexibility index (Phi) is 1.26. The first-order valence-electron chi connectivity index (χ1n) is 4.80. The van der Waals surface area contributed by atoms with E-state index in [1.54, 1.807) is 0 Å². The molecule has 3 aliphatic carbocycles. The second kappa shape index (κ2) is 1.87. The van der Waals surface area contributed by atoms with Crippen LogP contribution in [0.5, 0.6) is 0 Å². The second-order valence-corrected chi connectivity index (χ2v) is 6.16. The van der Waals surface area contributed by atoms with Crippen molar-refractivity contribution in [1.82, 2.24) is 0 Å². The third kappa shape index (κ3) is 0.975. The molecule has 1 heteroatoms. The molecule has 0 atom stereocenters. The van der Waals surface area contributed by atoms with Gasteiger partial charge in [0.15, 0.2) is 0 Å². The maximum Gasteiger partial charge on any atom is 0.0690 e. The van der Waals surface area contributed by atoms with Gasteiger partial charge in [-0.05, 0) is 36.5 Å². The van der Waals surface area contributed by atoms with Gasteiger partial charge in [-0.3, -0.25) is 0 Å². The summed E-state index contributed by atoms with van der Waals surface area (Å²) in [6.07, 6.45) is 4.87. The van der Waals surface area contributed by atoms with E-state index in [1.807, 2.05) is 0 Å². The van der Waals surface area contributed by atoms with E-state index in [4.69, 9.17) is 5.26 Å². The maximum absolute atomic E-state index is 8.85. The van der Waals surface area contributed by atoms with Crippen molar-refractivity contribution in [3.05, 3.63) is 0 Å². The summed E-state index contributed by atoms with van der Waals surface area (Å²) in [6, 6.07) is 2.45. The van der Waals surface area contributed by atoms with Gasteiger partial charge >= 0.3 is 0 Å². The maximum atomic E-state index is 8.85. The molecule has 0 unspecified atom stereocenters. The first-order valence-corrected chi connectivity index (χ1v) is 4.80. The summed E-state index contributed by atoms with van der Waals surface area (Å²) in [5, 5.41) is 8.85. The summed E-state index contributed by atoms with van der Waals surface area (Å²) >= 11 is 0. The molecular weight excluding hydrogens is 146 g/mol. The Balaban J connectivity index is 1.94. The highest BCUT2D eigenvalue weighted by molar-refractivity contribution is 5.26. The quantitative estimate of drug-likeness (QED) is 0.582. The molecule has 3 saturated carbocycles. The molecule has 66 valence electrons. The molecule has 2 bridgehead atoms. The lowest BCUT2D eigenvalue weighted by Gasteiger charge is -2.69. The normalized spacial score (nSPS) is 44.2. The minimum atomic E-state index is 0.144. The molecule has 12 heavy (non-hydrogen) atoms. The molecule has 0 N–H and O–H groups in total. The molecule has 0 aromatic carbocycles. The first kappa shape index (κ1) is 8.10. The van der Waals surface area contributed by atoms with Gasteiger partial charge in [0, 0.05) is 0 Å². The molecule has 1 nitrogen and oxygen atoms in total. The summed E-state index contributed by atoms with van der Waals surface area (Å²) in [7, 11) is 0. The highest BCUT2D eigenvalue weighted by Gasteiger charge is 2.68. The number of nitrogens with zero attached hydrogens (tertiary/aromatic N) is 1. The van der Waals surface area contributed by atoms with E-state index in [9.17, 15) is 0 Å². The van der Waals surface area contributed by atoms with Gasteiger partial charge in [-0.2, -0.15) is 5.26 Å². The largest absolute Gasteiger partial charge is 0.198 e. The lowest BCUT2D eigenvalue weighted by Crippen LogP contribution is -2.61. The lowest BCUT2D eigenvalue weighted by molar-refractivity contribution is -0.181. The van der Waals surface area contributed by atoms with E-state index in [1.165, 1.54) is 25.7 Å². The molecule has 0 radical (unpaired) electrons. The van der Waals surface area contributed by atoms with Gasteiger partial charge in [0.1, 0.15) is 0 Å². The fourth-order valence-electron chi connectivity index (χ4n) is 3.43. The predicted octanol–water partition coefficient (Wildman–Crippen LogP) is 3.12. The van der Waals surface area contributed by atoms with Crippen LogP contribution in [0.4, 0.5) is 0 Å². The van der Waals surface area contributed by atoms with Crippen LogP contribution >= 0.6 is 0 Å². The van der Waals surface area contributed by atoms with Gasteiger partial charge in [0.05, 0.1) is 11.5 Å². The fourth-order valence-corrected chi connectivity index (χ4v) is 3.43. The number of hydrogen-bond donors (Lipinski definition) is 0. The van der Waals surface area contributed by atoms with E-state index in [-0.39, 0.29) is 5.41 Å². The van der Waals surface area contributed by atoms with Crippen molar-refractivity contribution in [2.75, 3.05) is 0 Å². The molecule has 0 aliphatic heterocycles. The van der Waals surface area contributed by atoms with Gasteiger partial charge < -0.3 is 0 Å². The van der Waals surface area contributed by atoms with Crippen LogP contribution in [0.2, 0.25) is 0 Å². The molecule has 3 rings (SSSR count). The Hall–Kier alpha value is -0.510. The third-order valence-corrected chi connectivity index (χ3v) is 3.28. The topological polar surface area (TPSA) is 23.8 Å². The lowest BCUT2D eigenvalue weighted by atomic mass is 9.33. The van der Waals surface area contributed by atoms with Crippen molar-refractivity contribution >= 4 is 0 Å². The molecule has 0 heterocycles. The van der Waals surface area contributed by atoms with Gasteiger partial charge in [0.2, 0.25) is 0 Å². The van der Waals surface area contributed by atoms with Crippen LogP contribution in [-0.2, 0) is 0 Å². The Labute approximate surface area is 74.8 Å². The van der Waals surface area contributed by atoms with Gasteiger partial charge in [-0.25, -0.2) is 0 Å². The summed E-state index contributed by atoms with van der Waals surface area (Å²) in [5.41, 5.74) is 1.18. The van der Waals surface area contributed by atoms with Crippen molar-refractivity contribution in [2.45, 2.75) is 46.5 Å². The van der Waals surface area contributed by atoms with Crippen LogP contribution < -0.4 is 0 Å². The van der Waals surface area contributed by atoms with Gasteiger partial charge in [-0.1, -0.05) is 20.8 Å². The van der Waals surface area contributed by atoms with Crippen LogP contribution in [0.3, 0.4) is 0 Å². The van der Waals surface area contributed by atoms with Crippen LogP contribution in [0.25, 0.3) is 0 Å². The average molecular weight is 163 g/mol. The molecule has 3 fully saturated rings. The molecular formula is C11H17N. The van der Waals surface area contributed by atoms with Crippen molar-refractivity contribution in [2.24, 2.45) is 16.2 Å². The van der Waals surface area contributed by atoms with Crippen molar-refractivity contribution in [3.8, 4) is 6.07 Å². The first-order chi connectivity index (χ1) is 5.39. The molecule has 0 saturated heterocycles. The smallest absolute Gasteiger partial charge is 0.0690 e.